The van der Waals surface area contributed by atoms with Gasteiger partial charge in [0, 0.05) is 12.2 Å². The molecular weight excluding hydrogens is 136 g/mol. The molecule has 1 unspecified atom stereocenters. The number of hydrogen-bond donors (Lipinski definition) is 1. The van der Waals surface area contributed by atoms with E-state index in [4.69, 9.17) is 0 Å². The van der Waals surface area contributed by atoms with E-state index in [2.05, 4.69) is 17.4 Å². The SMILES string of the molecule is CCC(S)COC(C)=O. The van der Waals surface area contributed by atoms with Crippen molar-refractivity contribution in [1.29, 1.82) is 0 Å². The summed E-state index contributed by atoms with van der Waals surface area (Å²) in [7, 11) is 0. The minimum Gasteiger partial charge on any atom is -0.465 e. The van der Waals surface area contributed by atoms with Crippen LogP contribution in [0, 0.1) is 0 Å². The fraction of sp³-hybridized carbons (Fsp3) is 0.833. The molecule has 0 heterocycles. The standard InChI is InChI=1S/C6H12O2S/c1-3-6(9)4-8-5(2)7/h6,9H,3-4H2,1-2H3. The Balaban J connectivity index is 3.16. The molecule has 54 valence electrons. The lowest BCUT2D eigenvalue weighted by atomic mass is 10.3. The first-order valence-corrected chi connectivity index (χ1v) is 3.50. The normalized spacial score (nSPS) is 12.8. The summed E-state index contributed by atoms with van der Waals surface area (Å²) < 4.78 is 4.68. The molecule has 3 heteroatoms. The molecule has 0 aliphatic heterocycles. The summed E-state index contributed by atoms with van der Waals surface area (Å²) in [4.78, 5) is 10.2. The first-order valence-electron chi connectivity index (χ1n) is 2.98. The second kappa shape index (κ2) is 4.68. The van der Waals surface area contributed by atoms with E-state index < -0.39 is 0 Å². The van der Waals surface area contributed by atoms with Crippen molar-refractivity contribution in [2.45, 2.75) is 25.5 Å². The average molecular weight is 148 g/mol. The molecule has 0 aromatic heterocycles. The number of carbonyl (C=O) groups excluding carboxylic acids is 1. The smallest absolute Gasteiger partial charge is 0.302 e. The Hall–Kier alpha value is -0.180. The maximum atomic E-state index is 10.2. The van der Waals surface area contributed by atoms with E-state index in [0.29, 0.717) is 6.61 Å². The lowest BCUT2D eigenvalue weighted by Gasteiger charge is -2.05. The molecule has 2 nitrogen and oxygen atoms in total. The fourth-order valence-electron chi connectivity index (χ4n) is 0.331. The maximum Gasteiger partial charge on any atom is 0.302 e. The van der Waals surface area contributed by atoms with Gasteiger partial charge in [-0.05, 0) is 6.42 Å². The van der Waals surface area contributed by atoms with Gasteiger partial charge < -0.3 is 4.74 Å². The maximum absolute atomic E-state index is 10.2. The average Bonchev–Trinajstić information content (AvgIpc) is 1.83. The Morgan fingerprint density at radius 3 is 2.67 bits per heavy atom. The van der Waals surface area contributed by atoms with Gasteiger partial charge >= 0.3 is 5.97 Å². The molecule has 0 rings (SSSR count). The van der Waals surface area contributed by atoms with Crippen LogP contribution in [-0.2, 0) is 9.53 Å². The van der Waals surface area contributed by atoms with Crippen molar-refractivity contribution in [2.75, 3.05) is 6.61 Å². The van der Waals surface area contributed by atoms with E-state index in [0.717, 1.165) is 6.42 Å². The number of ether oxygens (including phenoxy) is 1. The third-order valence-electron chi connectivity index (χ3n) is 0.950. The molecular formula is C6H12O2S. The van der Waals surface area contributed by atoms with Crippen LogP contribution >= 0.6 is 12.6 Å². The predicted octanol–water partition coefficient (Wildman–Crippen LogP) is 1.26. The summed E-state index contributed by atoms with van der Waals surface area (Å²) in [5.74, 6) is -0.234. The number of carbonyl (C=O) groups is 1. The van der Waals surface area contributed by atoms with Gasteiger partial charge in [-0.15, -0.1) is 0 Å². The van der Waals surface area contributed by atoms with Gasteiger partial charge in [-0.2, -0.15) is 12.6 Å². The zero-order chi connectivity index (χ0) is 7.28. The van der Waals surface area contributed by atoms with Crippen LogP contribution in [0.3, 0.4) is 0 Å². The fourth-order valence-corrected chi connectivity index (χ4v) is 0.406. The molecule has 0 saturated carbocycles. The minimum atomic E-state index is -0.234. The van der Waals surface area contributed by atoms with Gasteiger partial charge in [-0.25, -0.2) is 0 Å². The van der Waals surface area contributed by atoms with Crippen LogP contribution in [0.4, 0.5) is 0 Å². The minimum absolute atomic E-state index is 0.189. The van der Waals surface area contributed by atoms with Gasteiger partial charge in [0.25, 0.3) is 0 Å². The molecule has 0 bridgehead atoms. The zero-order valence-electron chi connectivity index (χ0n) is 5.76. The van der Waals surface area contributed by atoms with Crippen molar-refractivity contribution < 1.29 is 9.53 Å². The molecule has 0 spiro atoms. The molecule has 0 radical (unpaired) electrons. The van der Waals surface area contributed by atoms with Crippen LogP contribution in [-0.4, -0.2) is 17.8 Å². The van der Waals surface area contributed by atoms with Crippen molar-refractivity contribution in [3.05, 3.63) is 0 Å². The summed E-state index contributed by atoms with van der Waals surface area (Å²) in [6, 6.07) is 0. The van der Waals surface area contributed by atoms with Gasteiger partial charge in [-0.1, -0.05) is 6.92 Å². The molecule has 9 heavy (non-hydrogen) atoms. The lowest BCUT2D eigenvalue weighted by molar-refractivity contribution is -0.140. The largest absolute Gasteiger partial charge is 0.465 e. The molecule has 0 aliphatic carbocycles. The molecule has 1 atom stereocenters. The number of thiol groups is 1. The monoisotopic (exact) mass is 148 g/mol. The Kier molecular flexibility index (Phi) is 4.58. The quantitative estimate of drug-likeness (QED) is 0.481. The molecule has 0 aromatic rings. The Morgan fingerprint density at radius 1 is 1.78 bits per heavy atom. The van der Waals surface area contributed by atoms with Crippen LogP contribution in [0.15, 0.2) is 0 Å². The van der Waals surface area contributed by atoms with E-state index in [1.54, 1.807) is 0 Å². The van der Waals surface area contributed by atoms with Crippen molar-refractivity contribution in [2.24, 2.45) is 0 Å². The van der Waals surface area contributed by atoms with E-state index in [1.807, 2.05) is 6.92 Å². The van der Waals surface area contributed by atoms with E-state index in [9.17, 15) is 4.79 Å². The van der Waals surface area contributed by atoms with Crippen LogP contribution in [0.2, 0.25) is 0 Å². The second-order valence-corrected chi connectivity index (χ2v) is 2.59. The second-order valence-electron chi connectivity index (χ2n) is 1.86. The first-order chi connectivity index (χ1) is 4.16. The molecule has 0 amide bonds. The van der Waals surface area contributed by atoms with E-state index in [-0.39, 0.29) is 11.2 Å². The Morgan fingerprint density at radius 2 is 2.33 bits per heavy atom. The third kappa shape index (κ3) is 5.69. The molecule has 0 fully saturated rings. The molecule has 0 aromatic carbocycles. The van der Waals surface area contributed by atoms with Gasteiger partial charge in [0.2, 0.25) is 0 Å². The summed E-state index contributed by atoms with van der Waals surface area (Å²) in [6.07, 6.45) is 0.927. The number of hydrogen-bond acceptors (Lipinski definition) is 3. The van der Waals surface area contributed by atoms with Crippen molar-refractivity contribution in [3.8, 4) is 0 Å². The Bertz CT molecular complexity index is 93.1. The highest BCUT2D eigenvalue weighted by Crippen LogP contribution is 1.99. The summed E-state index contributed by atoms with van der Waals surface area (Å²) in [6.45, 7) is 3.83. The highest BCUT2D eigenvalue weighted by Gasteiger charge is 2.00. The van der Waals surface area contributed by atoms with E-state index in [1.165, 1.54) is 6.92 Å². The lowest BCUT2D eigenvalue weighted by Crippen LogP contribution is -2.10. The van der Waals surface area contributed by atoms with Crippen LogP contribution in [0.1, 0.15) is 20.3 Å². The van der Waals surface area contributed by atoms with Crippen molar-refractivity contribution in [3.63, 3.8) is 0 Å². The molecule has 0 N–H and O–H groups in total. The number of esters is 1. The highest BCUT2D eigenvalue weighted by atomic mass is 32.1. The highest BCUT2D eigenvalue weighted by molar-refractivity contribution is 7.81. The van der Waals surface area contributed by atoms with Gasteiger partial charge in [0.05, 0.1) is 0 Å². The van der Waals surface area contributed by atoms with Gasteiger partial charge in [0.15, 0.2) is 0 Å². The summed E-state index contributed by atoms with van der Waals surface area (Å²) in [5.41, 5.74) is 0. The first kappa shape index (κ1) is 8.82. The topological polar surface area (TPSA) is 26.3 Å². The van der Waals surface area contributed by atoms with Crippen LogP contribution in [0.5, 0.6) is 0 Å². The summed E-state index contributed by atoms with van der Waals surface area (Å²) in [5, 5.41) is 0.189. The summed E-state index contributed by atoms with van der Waals surface area (Å²) >= 11 is 4.13. The molecule has 0 saturated heterocycles. The third-order valence-corrected chi connectivity index (χ3v) is 1.46. The Labute approximate surface area is 61.0 Å². The van der Waals surface area contributed by atoms with Gasteiger partial charge in [-0.3, -0.25) is 4.79 Å². The zero-order valence-corrected chi connectivity index (χ0v) is 6.65. The van der Waals surface area contributed by atoms with Crippen molar-refractivity contribution in [1.82, 2.24) is 0 Å². The van der Waals surface area contributed by atoms with Crippen LogP contribution in [0.25, 0.3) is 0 Å². The van der Waals surface area contributed by atoms with Gasteiger partial charge in [0.1, 0.15) is 6.61 Å². The predicted molar refractivity (Wildman–Crippen MR) is 39.7 cm³/mol. The van der Waals surface area contributed by atoms with E-state index >= 15 is 0 Å². The number of rotatable bonds is 3. The van der Waals surface area contributed by atoms with Crippen LogP contribution < -0.4 is 0 Å². The van der Waals surface area contributed by atoms with Crippen molar-refractivity contribution >= 4 is 18.6 Å². The molecule has 0 aliphatic rings.